The second kappa shape index (κ2) is 6.19. The lowest BCUT2D eigenvalue weighted by Crippen LogP contribution is -2.47. The summed E-state index contributed by atoms with van der Waals surface area (Å²) in [5.74, 6) is 3.02. The Balaban J connectivity index is 0.00000144. The van der Waals surface area contributed by atoms with Crippen LogP contribution in [0.3, 0.4) is 0 Å². The highest BCUT2D eigenvalue weighted by Gasteiger charge is 2.50. The van der Waals surface area contributed by atoms with Gasteiger partial charge in [0, 0.05) is 24.5 Å². The van der Waals surface area contributed by atoms with Crippen LogP contribution in [0.2, 0.25) is 0 Å². The summed E-state index contributed by atoms with van der Waals surface area (Å²) >= 11 is 0. The molecule has 4 bridgehead atoms. The van der Waals surface area contributed by atoms with Crippen LogP contribution in [-0.2, 0) is 0 Å². The Morgan fingerprint density at radius 3 is 2.18 bits per heavy atom. The summed E-state index contributed by atoms with van der Waals surface area (Å²) in [6.07, 6.45) is 13.3. The van der Waals surface area contributed by atoms with Gasteiger partial charge in [0.15, 0.2) is 0 Å². The van der Waals surface area contributed by atoms with E-state index < -0.39 is 0 Å². The van der Waals surface area contributed by atoms with Crippen LogP contribution in [-0.4, -0.2) is 17.4 Å². The van der Waals surface area contributed by atoms with E-state index in [9.17, 15) is 4.79 Å². The van der Waals surface area contributed by atoms with Crippen LogP contribution in [0.5, 0.6) is 0 Å². The minimum atomic E-state index is 0. The first kappa shape index (κ1) is 15.8. The highest BCUT2D eigenvalue weighted by atomic mass is 35.5. The molecule has 22 heavy (non-hydrogen) atoms. The third-order valence-corrected chi connectivity index (χ3v) is 6.05. The summed E-state index contributed by atoms with van der Waals surface area (Å²) in [4.78, 5) is 16.0. The van der Waals surface area contributed by atoms with E-state index in [4.69, 9.17) is 0 Å². The lowest BCUT2D eigenvalue weighted by Gasteiger charge is -2.57. The maximum atomic E-state index is 12.1. The molecule has 0 radical (unpaired) electrons. The topological polar surface area (TPSA) is 42.0 Å². The summed E-state index contributed by atoms with van der Waals surface area (Å²) in [6, 6.07) is 3.56. The van der Waals surface area contributed by atoms with Crippen LogP contribution in [0.25, 0.3) is 0 Å². The molecule has 1 amide bonds. The Labute approximate surface area is 138 Å². The number of rotatable bonds is 4. The van der Waals surface area contributed by atoms with Gasteiger partial charge in [-0.15, -0.1) is 12.4 Å². The molecule has 5 rings (SSSR count). The second-order valence-electron chi connectivity index (χ2n) is 7.66. The Bertz CT molecular complexity index is 496. The number of carbonyl (C=O) groups is 1. The van der Waals surface area contributed by atoms with Crippen molar-refractivity contribution in [2.75, 3.05) is 6.54 Å². The van der Waals surface area contributed by atoms with Gasteiger partial charge >= 0.3 is 0 Å². The number of hydrogen-bond donors (Lipinski definition) is 1. The van der Waals surface area contributed by atoms with E-state index in [1.165, 1.54) is 44.9 Å². The van der Waals surface area contributed by atoms with Crippen molar-refractivity contribution in [1.82, 2.24) is 10.3 Å². The molecule has 0 aliphatic heterocycles. The maximum absolute atomic E-state index is 12.1. The lowest BCUT2D eigenvalue weighted by molar-refractivity contribution is -0.0564. The Hall–Kier alpha value is -1.09. The standard InChI is InChI=1S/C18H24N2O.ClH/c21-17(16-1-4-19-5-2-16)20-6-3-18-10-13-7-14(11-18)9-15(8-13)12-18;/h1-2,4-5,13-15H,3,6-12H2,(H,20,21);1H. The third-order valence-electron chi connectivity index (χ3n) is 6.05. The molecule has 0 atom stereocenters. The van der Waals surface area contributed by atoms with Crippen molar-refractivity contribution in [2.45, 2.75) is 44.9 Å². The van der Waals surface area contributed by atoms with E-state index in [0.717, 1.165) is 29.9 Å². The number of hydrogen-bond acceptors (Lipinski definition) is 2. The smallest absolute Gasteiger partial charge is 0.251 e. The number of nitrogens with one attached hydrogen (secondary N) is 1. The molecule has 1 N–H and O–H groups in total. The molecule has 3 nitrogen and oxygen atoms in total. The van der Waals surface area contributed by atoms with Gasteiger partial charge in [-0.3, -0.25) is 9.78 Å². The number of pyridine rings is 1. The van der Waals surface area contributed by atoms with Crippen LogP contribution in [0.4, 0.5) is 0 Å². The molecule has 1 aromatic heterocycles. The zero-order valence-corrected chi connectivity index (χ0v) is 13.8. The molecule has 4 aliphatic carbocycles. The van der Waals surface area contributed by atoms with E-state index in [2.05, 4.69) is 10.3 Å². The van der Waals surface area contributed by atoms with Crippen LogP contribution in [0.1, 0.15) is 55.3 Å². The molecule has 4 fully saturated rings. The van der Waals surface area contributed by atoms with E-state index in [1.807, 2.05) is 0 Å². The van der Waals surface area contributed by atoms with Gasteiger partial charge in [-0.25, -0.2) is 0 Å². The predicted molar refractivity (Wildman–Crippen MR) is 89.0 cm³/mol. The fourth-order valence-electron chi connectivity index (χ4n) is 5.64. The summed E-state index contributed by atoms with van der Waals surface area (Å²) in [5.41, 5.74) is 1.27. The van der Waals surface area contributed by atoms with Gasteiger partial charge in [0.05, 0.1) is 0 Å². The molecule has 4 heteroatoms. The molecular formula is C18H25ClN2O. The van der Waals surface area contributed by atoms with Gasteiger partial charge in [0.2, 0.25) is 0 Å². The zero-order chi connectivity index (χ0) is 14.3. The van der Waals surface area contributed by atoms with E-state index in [0.29, 0.717) is 5.41 Å². The first-order chi connectivity index (χ1) is 10.2. The van der Waals surface area contributed by atoms with Crippen LogP contribution in [0.15, 0.2) is 24.5 Å². The van der Waals surface area contributed by atoms with Crippen molar-refractivity contribution >= 4 is 18.3 Å². The molecule has 120 valence electrons. The fourth-order valence-corrected chi connectivity index (χ4v) is 5.64. The minimum Gasteiger partial charge on any atom is -0.352 e. The van der Waals surface area contributed by atoms with Crippen molar-refractivity contribution in [2.24, 2.45) is 23.2 Å². The normalized spacial score (nSPS) is 35.0. The highest BCUT2D eigenvalue weighted by molar-refractivity contribution is 5.93. The van der Waals surface area contributed by atoms with E-state index in [1.54, 1.807) is 24.5 Å². The van der Waals surface area contributed by atoms with Crippen molar-refractivity contribution in [3.8, 4) is 0 Å². The first-order valence-corrected chi connectivity index (χ1v) is 8.41. The number of nitrogens with zero attached hydrogens (tertiary/aromatic N) is 1. The molecule has 0 aromatic carbocycles. The Morgan fingerprint density at radius 1 is 1.09 bits per heavy atom. The predicted octanol–water partition coefficient (Wildman–Crippen LogP) is 3.84. The SMILES string of the molecule is Cl.O=C(NCCC12CC3CC(CC(C3)C1)C2)c1ccncc1. The Kier molecular flexibility index (Phi) is 4.44. The summed E-state index contributed by atoms with van der Waals surface area (Å²) in [5, 5.41) is 3.11. The quantitative estimate of drug-likeness (QED) is 0.915. The molecule has 0 saturated heterocycles. The van der Waals surface area contributed by atoms with Crippen molar-refractivity contribution in [1.29, 1.82) is 0 Å². The summed E-state index contributed by atoms with van der Waals surface area (Å²) < 4.78 is 0. The minimum absolute atomic E-state index is 0. The molecular weight excluding hydrogens is 296 g/mol. The number of carbonyl (C=O) groups excluding carboxylic acids is 1. The molecule has 0 spiro atoms. The van der Waals surface area contributed by atoms with E-state index >= 15 is 0 Å². The van der Waals surface area contributed by atoms with Gasteiger partial charge in [0.1, 0.15) is 0 Å². The van der Waals surface area contributed by atoms with Crippen LogP contribution in [0, 0.1) is 23.2 Å². The van der Waals surface area contributed by atoms with Gasteiger partial charge in [-0.1, -0.05) is 0 Å². The molecule has 4 aliphatic rings. The van der Waals surface area contributed by atoms with Crippen molar-refractivity contribution < 1.29 is 4.79 Å². The van der Waals surface area contributed by atoms with Crippen molar-refractivity contribution in [3.05, 3.63) is 30.1 Å². The summed E-state index contributed by atoms with van der Waals surface area (Å²) in [6.45, 7) is 0.827. The second-order valence-corrected chi connectivity index (χ2v) is 7.66. The zero-order valence-electron chi connectivity index (χ0n) is 13.0. The maximum Gasteiger partial charge on any atom is 0.251 e. The van der Waals surface area contributed by atoms with Gasteiger partial charge in [-0.05, 0) is 80.2 Å². The largest absolute Gasteiger partial charge is 0.352 e. The molecule has 0 unspecified atom stereocenters. The van der Waals surface area contributed by atoms with Crippen molar-refractivity contribution in [3.63, 3.8) is 0 Å². The monoisotopic (exact) mass is 320 g/mol. The summed E-state index contributed by atoms with van der Waals surface area (Å²) in [7, 11) is 0. The van der Waals surface area contributed by atoms with Gasteiger partial charge in [0.25, 0.3) is 5.91 Å². The molecule has 4 saturated carbocycles. The van der Waals surface area contributed by atoms with Crippen LogP contribution >= 0.6 is 12.4 Å². The number of amides is 1. The first-order valence-electron chi connectivity index (χ1n) is 8.41. The van der Waals surface area contributed by atoms with Crippen LogP contribution < -0.4 is 5.32 Å². The van der Waals surface area contributed by atoms with Gasteiger partial charge in [-0.2, -0.15) is 0 Å². The highest BCUT2D eigenvalue weighted by Crippen LogP contribution is 2.61. The number of aromatic nitrogens is 1. The molecule has 1 aromatic rings. The molecule has 1 heterocycles. The van der Waals surface area contributed by atoms with Gasteiger partial charge < -0.3 is 5.32 Å². The van der Waals surface area contributed by atoms with E-state index in [-0.39, 0.29) is 18.3 Å². The average Bonchev–Trinajstić information content (AvgIpc) is 2.46. The average molecular weight is 321 g/mol. The Morgan fingerprint density at radius 2 is 1.64 bits per heavy atom. The lowest BCUT2D eigenvalue weighted by atomic mass is 9.49. The number of halogens is 1. The fraction of sp³-hybridized carbons (Fsp3) is 0.667. The third kappa shape index (κ3) is 3.01.